The van der Waals surface area contributed by atoms with E-state index < -0.39 is 5.97 Å². The third-order valence-electron chi connectivity index (χ3n) is 3.01. The quantitative estimate of drug-likeness (QED) is 0.665. The SMILES string of the molecule is C/C(=C\C=C(c1ccccc1)c1ccccc1)C(=O)O. The maximum absolute atomic E-state index is 10.9. The standard InChI is InChI=1S/C18H16O2/c1-14(18(19)20)12-13-17(15-8-4-2-5-9-15)16-10-6-3-7-11-16/h2-13H,1H3,(H,19,20)/b14-12+. The van der Waals surface area contributed by atoms with Crippen LogP contribution in [0.5, 0.6) is 0 Å². The Morgan fingerprint density at radius 3 is 1.70 bits per heavy atom. The topological polar surface area (TPSA) is 37.3 Å². The summed E-state index contributed by atoms with van der Waals surface area (Å²) in [6, 6.07) is 19.9. The van der Waals surface area contributed by atoms with Gasteiger partial charge in [-0.25, -0.2) is 4.79 Å². The van der Waals surface area contributed by atoms with E-state index in [0.717, 1.165) is 16.7 Å². The minimum atomic E-state index is -0.901. The third-order valence-corrected chi connectivity index (χ3v) is 3.01. The molecule has 0 atom stereocenters. The fourth-order valence-electron chi connectivity index (χ4n) is 1.87. The van der Waals surface area contributed by atoms with Crippen molar-refractivity contribution in [3.05, 3.63) is 89.5 Å². The van der Waals surface area contributed by atoms with Crippen molar-refractivity contribution < 1.29 is 9.90 Å². The number of allylic oxidation sites excluding steroid dienone is 2. The maximum atomic E-state index is 10.9. The van der Waals surface area contributed by atoms with Crippen LogP contribution in [-0.4, -0.2) is 11.1 Å². The first-order chi connectivity index (χ1) is 9.68. The Labute approximate surface area is 118 Å². The van der Waals surface area contributed by atoms with Gasteiger partial charge in [0.25, 0.3) is 0 Å². The first-order valence-corrected chi connectivity index (χ1v) is 6.41. The van der Waals surface area contributed by atoms with Gasteiger partial charge in [-0.15, -0.1) is 0 Å². The third kappa shape index (κ3) is 3.45. The first kappa shape index (κ1) is 13.8. The van der Waals surface area contributed by atoms with E-state index >= 15 is 0 Å². The summed E-state index contributed by atoms with van der Waals surface area (Å²) in [4.78, 5) is 10.9. The van der Waals surface area contributed by atoms with Gasteiger partial charge < -0.3 is 5.11 Å². The molecule has 0 fully saturated rings. The number of rotatable bonds is 4. The molecule has 1 N–H and O–H groups in total. The Hall–Kier alpha value is -2.61. The second-order valence-corrected chi connectivity index (χ2v) is 4.47. The van der Waals surface area contributed by atoms with Crippen LogP contribution in [0.2, 0.25) is 0 Å². The minimum Gasteiger partial charge on any atom is -0.478 e. The number of hydrogen-bond donors (Lipinski definition) is 1. The minimum absolute atomic E-state index is 0.314. The first-order valence-electron chi connectivity index (χ1n) is 6.41. The van der Waals surface area contributed by atoms with E-state index in [4.69, 9.17) is 5.11 Å². The molecule has 0 spiro atoms. The highest BCUT2D eigenvalue weighted by Gasteiger charge is 2.04. The molecule has 0 amide bonds. The van der Waals surface area contributed by atoms with Crippen LogP contribution in [0, 0.1) is 0 Å². The van der Waals surface area contributed by atoms with E-state index in [1.807, 2.05) is 66.7 Å². The highest BCUT2D eigenvalue weighted by atomic mass is 16.4. The van der Waals surface area contributed by atoms with Crippen molar-refractivity contribution in [2.45, 2.75) is 6.92 Å². The molecule has 0 bridgehead atoms. The van der Waals surface area contributed by atoms with E-state index in [1.165, 1.54) is 0 Å². The van der Waals surface area contributed by atoms with Gasteiger partial charge in [-0.3, -0.25) is 0 Å². The molecular weight excluding hydrogens is 248 g/mol. The van der Waals surface area contributed by atoms with Crippen LogP contribution in [0.25, 0.3) is 5.57 Å². The lowest BCUT2D eigenvalue weighted by Crippen LogP contribution is -1.95. The second-order valence-electron chi connectivity index (χ2n) is 4.47. The molecular formula is C18H16O2. The van der Waals surface area contributed by atoms with Crippen LogP contribution in [0.15, 0.2) is 78.4 Å². The van der Waals surface area contributed by atoms with E-state index in [0.29, 0.717) is 5.57 Å². The van der Waals surface area contributed by atoms with Gasteiger partial charge in [0.2, 0.25) is 0 Å². The van der Waals surface area contributed by atoms with Gasteiger partial charge in [0.15, 0.2) is 0 Å². The normalized spacial score (nSPS) is 10.9. The van der Waals surface area contributed by atoms with Crippen molar-refractivity contribution in [1.29, 1.82) is 0 Å². The van der Waals surface area contributed by atoms with E-state index in [-0.39, 0.29) is 0 Å². The molecule has 2 rings (SSSR count). The van der Waals surface area contributed by atoms with Crippen molar-refractivity contribution in [2.24, 2.45) is 0 Å². The number of carbonyl (C=O) groups is 1. The fourth-order valence-corrected chi connectivity index (χ4v) is 1.87. The van der Waals surface area contributed by atoms with Crippen LogP contribution in [0.4, 0.5) is 0 Å². The molecule has 2 nitrogen and oxygen atoms in total. The zero-order valence-corrected chi connectivity index (χ0v) is 11.3. The molecule has 2 aromatic carbocycles. The van der Waals surface area contributed by atoms with Gasteiger partial charge in [0.1, 0.15) is 0 Å². The van der Waals surface area contributed by atoms with Crippen molar-refractivity contribution in [3.8, 4) is 0 Å². The summed E-state index contributed by atoms with van der Waals surface area (Å²) in [5.41, 5.74) is 3.45. The van der Waals surface area contributed by atoms with Gasteiger partial charge in [0.05, 0.1) is 0 Å². The lowest BCUT2D eigenvalue weighted by atomic mass is 9.97. The van der Waals surface area contributed by atoms with Gasteiger partial charge >= 0.3 is 5.97 Å². The predicted octanol–water partition coefficient (Wildman–Crippen LogP) is 4.15. The molecule has 2 heteroatoms. The molecule has 0 saturated carbocycles. The Morgan fingerprint density at radius 1 is 0.850 bits per heavy atom. The molecule has 0 heterocycles. The molecule has 0 aromatic heterocycles. The number of hydrogen-bond acceptors (Lipinski definition) is 1. The molecule has 0 aliphatic carbocycles. The average Bonchev–Trinajstić information content (AvgIpc) is 2.49. The lowest BCUT2D eigenvalue weighted by Gasteiger charge is -2.07. The zero-order chi connectivity index (χ0) is 14.4. The molecule has 20 heavy (non-hydrogen) atoms. The molecule has 0 radical (unpaired) electrons. The van der Waals surface area contributed by atoms with Crippen molar-refractivity contribution >= 4 is 11.5 Å². The Balaban J connectivity index is 2.49. The van der Waals surface area contributed by atoms with Crippen LogP contribution < -0.4 is 0 Å². The number of aliphatic carboxylic acids is 1. The van der Waals surface area contributed by atoms with Gasteiger partial charge in [-0.2, -0.15) is 0 Å². The van der Waals surface area contributed by atoms with Gasteiger partial charge in [0, 0.05) is 5.57 Å². The lowest BCUT2D eigenvalue weighted by molar-refractivity contribution is -0.132. The van der Waals surface area contributed by atoms with Gasteiger partial charge in [-0.05, 0) is 23.6 Å². The summed E-state index contributed by atoms with van der Waals surface area (Å²) in [5.74, 6) is -0.901. The van der Waals surface area contributed by atoms with Crippen molar-refractivity contribution in [1.82, 2.24) is 0 Å². The number of carboxylic acids is 1. The molecule has 2 aromatic rings. The highest BCUT2D eigenvalue weighted by molar-refractivity contribution is 5.88. The zero-order valence-electron chi connectivity index (χ0n) is 11.3. The maximum Gasteiger partial charge on any atom is 0.331 e. The van der Waals surface area contributed by atoms with E-state index in [2.05, 4.69) is 0 Å². The molecule has 0 unspecified atom stereocenters. The Bertz CT molecular complexity index is 596. The molecule has 0 saturated heterocycles. The Morgan fingerprint density at radius 2 is 1.30 bits per heavy atom. The summed E-state index contributed by atoms with van der Waals surface area (Å²) in [6.45, 7) is 1.59. The number of benzene rings is 2. The second kappa shape index (κ2) is 6.53. The Kier molecular flexibility index (Phi) is 4.51. The summed E-state index contributed by atoms with van der Waals surface area (Å²) in [7, 11) is 0. The number of carboxylic acid groups (broad SMARTS) is 1. The largest absolute Gasteiger partial charge is 0.478 e. The molecule has 0 aliphatic rings. The summed E-state index contributed by atoms with van der Waals surface area (Å²) < 4.78 is 0. The predicted molar refractivity (Wildman–Crippen MR) is 81.4 cm³/mol. The molecule has 100 valence electrons. The van der Waals surface area contributed by atoms with E-state index in [9.17, 15) is 4.79 Å². The van der Waals surface area contributed by atoms with Gasteiger partial charge in [-0.1, -0.05) is 72.8 Å². The van der Waals surface area contributed by atoms with Crippen LogP contribution in [0.3, 0.4) is 0 Å². The monoisotopic (exact) mass is 264 g/mol. The summed E-state index contributed by atoms with van der Waals surface area (Å²) in [6.07, 6.45) is 3.49. The summed E-state index contributed by atoms with van der Waals surface area (Å²) in [5, 5.41) is 8.94. The summed E-state index contributed by atoms with van der Waals surface area (Å²) >= 11 is 0. The van der Waals surface area contributed by atoms with Crippen molar-refractivity contribution in [2.75, 3.05) is 0 Å². The van der Waals surface area contributed by atoms with E-state index in [1.54, 1.807) is 13.0 Å². The fraction of sp³-hybridized carbons (Fsp3) is 0.0556. The average molecular weight is 264 g/mol. The smallest absolute Gasteiger partial charge is 0.331 e. The van der Waals surface area contributed by atoms with Crippen LogP contribution in [-0.2, 0) is 4.79 Å². The molecule has 0 aliphatic heterocycles. The van der Waals surface area contributed by atoms with Crippen LogP contribution >= 0.6 is 0 Å². The highest BCUT2D eigenvalue weighted by Crippen LogP contribution is 2.23. The van der Waals surface area contributed by atoms with Crippen LogP contribution in [0.1, 0.15) is 18.1 Å². The van der Waals surface area contributed by atoms with Crippen molar-refractivity contribution in [3.63, 3.8) is 0 Å².